The molecule has 0 atom stereocenters. The Labute approximate surface area is 178 Å². The van der Waals surface area contributed by atoms with Gasteiger partial charge in [-0.2, -0.15) is 0 Å². The number of nitrogens with zero attached hydrogens (tertiary/aromatic N) is 2. The summed E-state index contributed by atoms with van der Waals surface area (Å²) in [6, 6.07) is 2.30. The molecule has 0 saturated carbocycles. The number of benzene rings is 1. The second kappa shape index (κ2) is 10.4. The Hall–Kier alpha value is -3.60. The first-order valence-corrected chi connectivity index (χ1v) is 9.25. The molecule has 1 aromatic carbocycles. The van der Waals surface area contributed by atoms with E-state index in [0.29, 0.717) is 13.2 Å². The SMILES string of the molecule is CCOc1cc(C2C(C(=O)OC)=CN(CCOC)C=C2C(=O)OC)cc([N+](=O)[O-])c1[O-]. The molecule has 0 N–H and O–H groups in total. The summed E-state index contributed by atoms with van der Waals surface area (Å²) in [4.78, 5) is 37.3. The lowest BCUT2D eigenvalue weighted by Crippen LogP contribution is -2.30. The van der Waals surface area contributed by atoms with Crippen LogP contribution in [0, 0.1) is 10.1 Å². The molecular weight excluding hydrogens is 412 g/mol. The molecule has 1 aliphatic rings. The van der Waals surface area contributed by atoms with Crippen LogP contribution in [-0.2, 0) is 23.8 Å². The summed E-state index contributed by atoms with van der Waals surface area (Å²) < 4.78 is 20.0. The van der Waals surface area contributed by atoms with E-state index in [0.717, 1.165) is 6.07 Å². The first-order chi connectivity index (χ1) is 14.8. The lowest BCUT2D eigenvalue weighted by Gasteiger charge is -2.30. The van der Waals surface area contributed by atoms with Gasteiger partial charge in [0.05, 0.1) is 49.4 Å². The number of nitro benzene ring substituents is 1. The molecule has 168 valence electrons. The zero-order valence-corrected chi connectivity index (χ0v) is 17.6. The highest BCUT2D eigenvalue weighted by Gasteiger charge is 2.36. The van der Waals surface area contributed by atoms with Crippen molar-refractivity contribution >= 4 is 17.6 Å². The topological polar surface area (TPSA) is 140 Å². The monoisotopic (exact) mass is 435 g/mol. The van der Waals surface area contributed by atoms with Crippen LogP contribution in [0.2, 0.25) is 0 Å². The van der Waals surface area contributed by atoms with Gasteiger partial charge in [0.1, 0.15) is 5.75 Å². The van der Waals surface area contributed by atoms with Gasteiger partial charge in [-0.1, -0.05) is 0 Å². The number of rotatable bonds is 9. The fraction of sp³-hybridized carbons (Fsp3) is 0.400. The van der Waals surface area contributed by atoms with Crippen molar-refractivity contribution in [2.45, 2.75) is 12.8 Å². The quantitative estimate of drug-likeness (QED) is 0.316. The number of ether oxygens (including phenoxy) is 4. The van der Waals surface area contributed by atoms with Gasteiger partial charge >= 0.3 is 11.9 Å². The molecule has 31 heavy (non-hydrogen) atoms. The average Bonchev–Trinajstić information content (AvgIpc) is 2.77. The molecule has 11 nitrogen and oxygen atoms in total. The molecule has 0 aromatic heterocycles. The Morgan fingerprint density at radius 2 is 1.68 bits per heavy atom. The van der Waals surface area contributed by atoms with Crippen LogP contribution in [0.15, 0.2) is 35.7 Å². The van der Waals surface area contributed by atoms with E-state index >= 15 is 0 Å². The molecule has 0 saturated heterocycles. The number of esters is 2. The van der Waals surface area contributed by atoms with Gasteiger partial charge < -0.3 is 29.0 Å². The maximum atomic E-state index is 12.6. The van der Waals surface area contributed by atoms with E-state index < -0.39 is 34.2 Å². The maximum Gasteiger partial charge on any atom is 0.336 e. The minimum Gasteiger partial charge on any atom is -0.865 e. The van der Waals surface area contributed by atoms with E-state index in [1.165, 1.54) is 39.8 Å². The minimum absolute atomic E-state index is 0.0249. The normalized spacial score (nSPS) is 13.9. The van der Waals surface area contributed by atoms with Crippen LogP contribution >= 0.6 is 0 Å². The Bertz CT molecular complexity index is 889. The summed E-state index contributed by atoms with van der Waals surface area (Å²) in [5, 5.41) is 23.8. The van der Waals surface area contributed by atoms with Crippen LogP contribution in [0.4, 0.5) is 5.69 Å². The fourth-order valence-corrected chi connectivity index (χ4v) is 3.15. The van der Waals surface area contributed by atoms with Gasteiger partial charge in [0.15, 0.2) is 0 Å². The summed E-state index contributed by atoms with van der Waals surface area (Å²) in [6.45, 7) is 2.32. The van der Waals surface area contributed by atoms with Crippen LogP contribution < -0.4 is 9.84 Å². The minimum atomic E-state index is -1.09. The number of nitro groups is 1. The molecule has 0 amide bonds. The van der Waals surface area contributed by atoms with Crippen LogP contribution in [0.5, 0.6) is 11.5 Å². The Kier molecular flexibility index (Phi) is 7.97. The van der Waals surface area contributed by atoms with Crippen molar-refractivity contribution in [2.24, 2.45) is 0 Å². The van der Waals surface area contributed by atoms with Gasteiger partial charge in [-0.05, 0) is 18.6 Å². The molecule has 1 heterocycles. The molecular formula is C20H23N2O9-. The molecule has 0 radical (unpaired) electrons. The summed E-state index contributed by atoms with van der Waals surface area (Å²) in [7, 11) is 3.84. The number of methoxy groups -OCH3 is 3. The molecule has 0 aliphatic carbocycles. The van der Waals surface area contributed by atoms with E-state index in [1.807, 2.05) is 0 Å². The molecule has 0 bridgehead atoms. The van der Waals surface area contributed by atoms with Gasteiger partial charge in [0.25, 0.3) is 5.69 Å². The second-order valence-electron chi connectivity index (χ2n) is 6.37. The van der Waals surface area contributed by atoms with Crippen molar-refractivity contribution in [2.75, 3.05) is 41.1 Å². The summed E-state index contributed by atoms with van der Waals surface area (Å²) in [6.07, 6.45) is 2.92. The van der Waals surface area contributed by atoms with Crippen molar-refractivity contribution < 1.29 is 38.6 Å². The van der Waals surface area contributed by atoms with E-state index in [1.54, 1.807) is 11.8 Å². The number of hydrogen-bond donors (Lipinski definition) is 0. The van der Waals surface area contributed by atoms with Gasteiger partial charge in [-0.25, -0.2) is 9.59 Å². The smallest absolute Gasteiger partial charge is 0.336 e. The number of carbonyl (C=O) groups excluding carboxylic acids is 2. The first kappa shape index (κ1) is 23.7. The predicted molar refractivity (Wildman–Crippen MR) is 105 cm³/mol. The van der Waals surface area contributed by atoms with Crippen molar-refractivity contribution in [1.82, 2.24) is 4.90 Å². The third-order valence-electron chi connectivity index (χ3n) is 4.52. The standard InChI is InChI=1S/C20H24N2O9/c1-5-31-16-9-12(8-15(18(16)23)22(26)27)17-13(19(24)29-3)10-21(6-7-28-2)11-14(17)20(25)30-4/h8-11,17,23H,5-7H2,1-4H3/p-1. The summed E-state index contributed by atoms with van der Waals surface area (Å²) in [5.74, 6) is -3.76. The van der Waals surface area contributed by atoms with E-state index in [9.17, 15) is 24.8 Å². The van der Waals surface area contributed by atoms with Gasteiger partial charge in [-0.3, -0.25) is 10.1 Å². The van der Waals surface area contributed by atoms with Crippen LogP contribution in [0.3, 0.4) is 0 Å². The Balaban J connectivity index is 2.74. The predicted octanol–water partition coefficient (Wildman–Crippen LogP) is 1.23. The molecule has 2 rings (SSSR count). The molecule has 0 unspecified atom stereocenters. The van der Waals surface area contributed by atoms with Crippen molar-refractivity contribution in [1.29, 1.82) is 0 Å². The van der Waals surface area contributed by atoms with Gasteiger partial charge in [0.2, 0.25) is 0 Å². The molecule has 1 aliphatic heterocycles. The third kappa shape index (κ3) is 5.12. The lowest BCUT2D eigenvalue weighted by atomic mass is 9.83. The average molecular weight is 435 g/mol. The van der Waals surface area contributed by atoms with Crippen molar-refractivity contribution in [3.05, 3.63) is 51.4 Å². The second-order valence-corrected chi connectivity index (χ2v) is 6.37. The Morgan fingerprint density at radius 1 is 1.10 bits per heavy atom. The molecule has 0 fully saturated rings. The lowest BCUT2D eigenvalue weighted by molar-refractivity contribution is -0.398. The van der Waals surface area contributed by atoms with Crippen LogP contribution in [0.1, 0.15) is 18.4 Å². The highest BCUT2D eigenvalue weighted by molar-refractivity contribution is 5.98. The van der Waals surface area contributed by atoms with Gasteiger partial charge in [-0.15, -0.1) is 0 Å². The fourth-order valence-electron chi connectivity index (χ4n) is 3.15. The number of carbonyl (C=O) groups is 2. The zero-order chi connectivity index (χ0) is 23.1. The van der Waals surface area contributed by atoms with Crippen LogP contribution in [0.25, 0.3) is 0 Å². The third-order valence-corrected chi connectivity index (χ3v) is 4.52. The highest BCUT2D eigenvalue weighted by Crippen LogP contribution is 2.43. The Morgan fingerprint density at radius 3 is 2.13 bits per heavy atom. The largest absolute Gasteiger partial charge is 0.865 e. The summed E-state index contributed by atoms with van der Waals surface area (Å²) in [5.41, 5.74) is -0.556. The maximum absolute atomic E-state index is 12.6. The van der Waals surface area contributed by atoms with E-state index in [2.05, 4.69) is 0 Å². The van der Waals surface area contributed by atoms with Crippen LogP contribution in [-0.4, -0.2) is 62.8 Å². The van der Waals surface area contributed by atoms with E-state index in [4.69, 9.17) is 18.9 Å². The first-order valence-electron chi connectivity index (χ1n) is 9.25. The van der Waals surface area contributed by atoms with Crippen molar-refractivity contribution in [3.63, 3.8) is 0 Å². The zero-order valence-electron chi connectivity index (χ0n) is 17.6. The molecule has 0 spiro atoms. The van der Waals surface area contributed by atoms with Crippen molar-refractivity contribution in [3.8, 4) is 11.5 Å². The molecule has 11 heteroatoms. The van der Waals surface area contributed by atoms with E-state index in [-0.39, 0.29) is 29.1 Å². The summed E-state index contributed by atoms with van der Waals surface area (Å²) >= 11 is 0. The number of hydrogen-bond acceptors (Lipinski definition) is 10. The van der Waals surface area contributed by atoms with Gasteiger partial charge in [0, 0.05) is 37.9 Å². The molecule has 1 aromatic rings. The highest BCUT2D eigenvalue weighted by atomic mass is 16.6.